The van der Waals surface area contributed by atoms with Crippen molar-refractivity contribution in [2.75, 3.05) is 0 Å². The Kier molecular flexibility index (Phi) is 3.57. The third kappa shape index (κ3) is 1.88. The molecule has 0 bridgehead atoms. The number of fused-ring (bicyclic) bond motifs is 5. The second-order valence-corrected chi connectivity index (χ2v) is 9.55. The first-order valence-corrected chi connectivity index (χ1v) is 9.92. The number of aliphatic hydroxyl groups excluding tert-OH is 1. The lowest BCUT2D eigenvalue weighted by atomic mass is 9.45. The lowest BCUT2D eigenvalue weighted by molar-refractivity contribution is -0.165. The molecular weight excluding hydrogens is 284 g/mol. The van der Waals surface area contributed by atoms with E-state index in [9.17, 15) is 10.2 Å². The molecule has 2 N–H and O–H groups in total. The minimum absolute atomic E-state index is 0.0873. The van der Waals surface area contributed by atoms with Crippen molar-refractivity contribution < 1.29 is 10.2 Å². The smallest absolute Gasteiger partial charge is 0.0958 e. The van der Waals surface area contributed by atoms with E-state index in [1.54, 1.807) is 0 Å². The predicted molar refractivity (Wildman–Crippen MR) is 92.9 cm³/mol. The zero-order valence-corrected chi connectivity index (χ0v) is 15.1. The summed E-state index contributed by atoms with van der Waals surface area (Å²) < 4.78 is 0. The van der Waals surface area contributed by atoms with E-state index in [1.807, 2.05) is 6.92 Å². The number of hydrogen-bond donors (Lipinski definition) is 2. The van der Waals surface area contributed by atoms with E-state index in [0.29, 0.717) is 23.7 Å². The first kappa shape index (κ1) is 16.1. The molecule has 0 radical (unpaired) electrons. The van der Waals surface area contributed by atoms with E-state index in [0.717, 1.165) is 24.7 Å². The van der Waals surface area contributed by atoms with Crippen LogP contribution >= 0.6 is 0 Å². The highest BCUT2D eigenvalue weighted by Gasteiger charge is 2.66. The van der Waals surface area contributed by atoms with Crippen LogP contribution in [-0.4, -0.2) is 21.9 Å². The fourth-order valence-corrected chi connectivity index (χ4v) is 7.59. The summed E-state index contributed by atoms with van der Waals surface area (Å²) in [7, 11) is 0. The van der Waals surface area contributed by atoms with E-state index < -0.39 is 11.7 Å². The molecule has 0 aliphatic heterocycles. The van der Waals surface area contributed by atoms with Crippen molar-refractivity contribution in [1.82, 2.24) is 0 Å². The molecule has 0 aromatic rings. The monoisotopic (exact) mass is 318 g/mol. The van der Waals surface area contributed by atoms with Crippen LogP contribution in [0.2, 0.25) is 0 Å². The van der Waals surface area contributed by atoms with Crippen molar-refractivity contribution in [1.29, 1.82) is 0 Å². The summed E-state index contributed by atoms with van der Waals surface area (Å²) in [6.45, 7) is 6.87. The fraction of sp³-hybridized carbons (Fsp3) is 0.905. The van der Waals surface area contributed by atoms with Crippen LogP contribution in [0.4, 0.5) is 0 Å². The van der Waals surface area contributed by atoms with Gasteiger partial charge in [-0.1, -0.05) is 32.9 Å². The maximum Gasteiger partial charge on any atom is 0.0958 e. The van der Waals surface area contributed by atoms with E-state index in [1.165, 1.54) is 32.1 Å². The van der Waals surface area contributed by atoms with Crippen molar-refractivity contribution in [2.24, 2.45) is 34.5 Å². The van der Waals surface area contributed by atoms with Gasteiger partial charge in [0, 0.05) is 5.41 Å². The van der Waals surface area contributed by atoms with Crippen LogP contribution in [-0.2, 0) is 0 Å². The Morgan fingerprint density at radius 3 is 2.61 bits per heavy atom. The average molecular weight is 319 g/mol. The van der Waals surface area contributed by atoms with Crippen LogP contribution < -0.4 is 0 Å². The third-order valence-electron chi connectivity index (χ3n) is 9.16. The van der Waals surface area contributed by atoms with Crippen LogP contribution in [0.25, 0.3) is 0 Å². The SMILES string of the molecule is CC[C@@]1(O)C(O)C[C@H]2[C@@H]3CCC4CC=CC[C@]4(C)[C@H]3CC[C@@]21C. The highest BCUT2D eigenvalue weighted by atomic mass is 16.3. The van der Waals surface area contributed by atoms with Gasteiger partial charge < -0.3 is 10.2 Å². The molecule has 0 saturated heterocycles. The Labute approximate surface area is 141 Å². The van der Waals surface area contributed by atoms with Gasteiger partial charge in [0.2, 0.25) is 0 Å². The topological polar surface area (TPSA) is 40.5 Å². The first-order chi connectivity index (χ1) is 10.9. The second kappa shape index (κ2) is 5.08. The second-order valence-electron chi connectivity index (χ2n) is 9.55. The average Bonchev–Trinajstić information content (AvgIpc) is 2.75. The van der Waals surface area contributed by atoms with Gasteiger partial charge in [0.15, 0.2) is 0 Å². The van der Waals surface area contributed by atoms with E-state index >= 15 is 0 Å². The normalized spacial score (nSPS) is 58.4. The molecule has 3 fully saturated rings. The van der Waals surface area contributed by atoms with Crippen LogP contribution in [0.15, 0.2) is 12.2 Å². The van der Waals surface area contributed by atoms with Gasteiger partial charge in [-0.25, -0.2) is 0 Å². The quantitative estimate of drug-likeness (QED) is 0.707. The summed E-state index contributed by atoms with van der Waals surface area (Å²) in [5.74, 6) is 2.85. The molecule has 0 spiro atoms. The summed E-state index contributed by atoms with van der Waals surface area (Å²) >= 11 is 0. The largest absolute Gasteiger partial charge is 0.390 e. The van der Waals surface area contributed by atoms with Gasteiger partial charge in [0.25, 0.3) is 0 Å². The van der Waals surface area contributed by atoms with Crippen molar-refractivity contribution in [3.8, 4) is 0 Å². The molecular formula is C21H34O2. The van der Waals surface area contributed by atoms with Crippen LogP contribution in [0.1, 0.15) is 72.1 Å². The Morgan fingerprint density at radius 1 is 1.09 bits per heavy atom. The Hall–Kier alpha value is -0.340. The van der Waals surface area contributed by atoms with Crippen LogP contribution in [0.5, 0.6) is 0 Å². The van der Waals surface area contributed by atoms with Gasteiger partial charge >= 0.3 is 0 Å². The Morgan fingerprint density at radius 2 is 1.87 bits per heavy atom. The molecule has 130 valence electrons. The van der Waals surface area contributed by atoms with Crippen molar-refractivity contribution in [3.63, 3.8) is 0 Å². The van der Waals surface area contributed by atoms with Crippen molar-refractivity contribution >= 4 is 0 Å². The van der Waals surface area contributed by atoms with Crippen LogP contribution in [0.3, 0.4) is 0 Å². The van der Waals surface area contributed by atoms with Gasteiger partial charge in [0.1, 0.15) is 0 Å². The third-order valence-corrected chi connectivity index (χ3v) is 9.16. The van der Waals surface area contributed by atoms with Gasteiger partial charge in [-0.3, -0.25) is 0 Å². The number of allylic oxidation sites excluding steroid dienone is 2. The minimum Gasteiger partial charge on any atom is -0.390 e. The first-order valence-electron chi connectivity index (χ1n) is 9.92. The van der Waals surface area contributed by atoms with Crippen LogP contribution in [0, 0.1) is 34.5 Å². The summed E-state index contributed by atoms with van der Waals surface area (Å²) in [5, 5.41) is 21.9. The minimum atomic E-state index is -0.868. The number of rotatable bonds is 1. The van der Waals surface area contributed by atoms with E-state index in [-0.39, 0.29) is 5.41 Å². The fourth-order valence-electron chi connectivity index (χ4n) is 7.59. The molecule has 2 heteroatoms. The molecule has 4 aliphatic rings. The molecule has 3 saturated carbocycles. The Balaban J connectivity index is 1.69. The van der Waals surface area contributed by atoms with Gasteiger partial charge in [0.05, 0.1) is 11.7 Å². The standard InChI is InChI=1S/C21H34O2/c1-4-21(23)18(22)13-17-15-9-8-14-7-5-6-11-19(14,2)16(15)10-12-20(17,21)3/h5-6,14-18,22-23H,4,7-13H2,1-3H3/t14?,15-,16+,17+,18?,19+,20+,21-/m1/s1. The molecule has 0 heterocycles. The summed E-state index contributed by atoms with van der Waals surface area (Å²) in [5.41, 5.74) is -0.500. The zero-order valence-electron chi connectivity index (χ0n) is 15.1. The molecule has 4 aliphatic carbocycles. The summed E-state index contributed by atoms with van der Waals surface area (Å²) in [4.78, 5) is 0. The molecule has 8 atom stereocenters. The van der Waals surface area contributed by atoms with Crippen molar-refractivity contribution in [2.45, 2.75) is 83.8 Å². The highest BCUT2D eigenvalue weighted by Crippen LogP contribution is 2.68. The number of hydrogen-bond acceptors (Lipinski definition) is 2. The van der Waals surface area contributed by atoms with Gasteiger partial charge in [-0.2, -0.15) is 0 Å². The number of aliphatic hydroxyl groups is 2. The van der Waals surface area contributed by atoms with E-state index in [4.69, 9.17) is 0 Å². The highest BCUT2D eigenvalue weighted by molar-refractivity contribution is 5.17. The summed E-state index contributed by atoms with van der Waals surface area (Å²) in [6.07, 6.45) is 13.3. The van der Waals surface area contributed by atoms with Gasteiger partial charge in [-0.05, 0) is 80.5 Å². The summed E-state index contributed by atoms with van der Waals surface area (Å²) in [6, 6.07) is 0. The maximum atomic E-state index is 11.2. The molecule has 4 rings (SSSR count). The molecule has 0 aromatic carbocycles. The van der Waals surface area contributed by atoms with Crippen molar-refractivity contribution in [3.05, 3.63) is 12.2 Å². The van der Waals surface area contributed by atoms with E-state index in [2.05, 4.69) is 26.0 Å². The molecule has 2 unspecified atom stereocenters. The lowest BCUT2D eigenvalue weighted by Gasteiger charge is -2.60. The maximum absolute atomic E-state index is 11.2. The Bertz CT molecular complexity index is 514. The molecule has 2 nitrogen and oxygen atoms in total. The predicted octanol–water partition coefficient (Wildman–Crippen LogP) is 4.31. The molecule has 23 heavy (non-hydrogen) atoms. The zero-order chi connectivity index (χ0) is 16.5. The molecule has 0 amide bonds. The molecule has 0 aromatic heterocycles. The lowest BCUT2D eigenvalue weighted by Crippen LogP contribution is -2.57. The van der Waals surface area contributed by atoms with Gasteiger partial charge in [-0.15, -0.1) is 0 Å².